The quantitative estimate of drug-likeness (QED) is 0.606. The minimum Gasteiger partial charge on any atom is -0.299 e. The molecular weight excluding hydrogens is 220 g/mol. The first-order valence-corrected chi connectivity index (χ1v) is 6.29. The van der Waals surface area contributed by atoms with Crippen molar-refractivity contribution in [2.45, 2.75) is 18.8 Å². The van der Waals surface area contributed by atoms with Crippen LogP contribution in [0, 0.1) is 0 Å². The molecule has 0 spiro atoms. The van der Waals surface area contributed by atoms with Gasteiger partial charge in [-0.3, -0.25) is 9.69 Å². The number of sulfone groups is 1. The highest BCUT2D eigenvalue weighted by Crippen LogP contribution is 2.20. The molecule has 0 aromatic carbocycles. The summed E-state index contributed by atoms with van der Waals surface area (Å²) in [6.45, 7) is 0. The molecule has 8 heteroatoms. The molecule has 0 aromatic rings. The van der Waals surface area contributed by atoms with Gasteiger partial charge in [0, 0.05) is 0 Å². The van der Waals surface area contributed by atoms with Crippen LogP contribution in [0.2, 0.25) is 0 Å². The van der Waals surface area contributed by atoms with Crippen molar-refractivity contribution in [2.75, 3.05) is 11.5 Å². The number of rotatable bonds is 3. The van der Waals surface area contributed by atoms with Gasteiger partial charge in [0.25, 0.3) is 0 Å². The van der Waals surface area contributed by atoms with Crippen molar-refractivity contribution in [3.05, 3.63) is 0 Å². The van der Waals surface area contributed by atoms with Crippen molar-refractivity contribution in [3.8, 4) is 0 Å². The van der Waals surface area contributed by atoms with Crippen molar-refractivity contribution >= 4 is 22.6 Å². The second kappa shape index (κ2) is 3.69. The molecule has 2 atom stereocenters. The highest BCUT2D eigenvalue weighted by atomic mass is 32.2. The van der Waals surface area contributed by atoms with Crippen molar-refractivity contribution in [1.29, 1.82) is 0 Å². The molecule has 15 heavy (non-hydrogen) atoms. The van der Waals surface area contributed by atoms with Crippen LogP contribution in [0.1, 0.15) is 6.42 Å². The van der Waals surface area contributed by atoms with E-state index in [0.29, 0.717) is 12.8 Å². The average molecular weight is 230 g/mol. The van der Waals surface area contributed by atoms with Crippen LogP contribution < -0.4 is 0 Å². The van der Waals surface area contributed by atoms with Gasteiger partial charge >= 0.3 is 0 Å². The van der Waals surface area contributed by atoms with Crippen molar-refractivity contribution in [3.63, 3.8) is 0 Å². The Morgan fingerprint density at radius 2 is 2.27 bits per heavy atom. The lowest BCUT2D eigenvalue weighted by molar-refractivity contribution is -0.121. The van der Waals surface area contributed by atoms with Gasteiger partial charge in [-0.25, -0.2) is 13.4 Å². The van der Waals surface area contributed by atoms with Crippen LogP contribution in [0.25, 0.3) is 0 Å². The van der Waals surface area contributed by atoms with E-state index in [1.807, 2.05) is 0 Å². The lowest BCUT2D eigenvalue weighted by atomic mass is 10.2. The second-order valence-corrected chi connectivity index (χ2v) is 5.68. The fourth-order valence-corrected chi connectivity index (χ4v) is 3.41. The van der Waals surface area contributed by atoms with Crippen LogP contribution in [-0.4, -0.2) is 49.9 Å². The maximum absolute atomic E-state index is 11.2. The molecule has 1 saturated heterocycles. The third-order valence-corrected chi connectivity index (χ3v) is 4.19. The summed E-state index contributed by atoms with van der Waals surface area (Å²) >= 11 is 0. The van der Waals surface area contributed by atoms with Gasteiger partial charge in [-0.2, -0.15) is 0 Å². The fourth-order valence-electron chi connectivity index (χ4n) is 1.68. The Morgan fingerprint density at radius 1 is 1.47 bits per heavy atom. The van der Waals surface area contributed by atoms with Crippen LogP contribution in [0.5, 0.6) is 0 Å². The summed E-state index contributed by atoms with van der Waals surface area (Å²) in [5, 5.41) is 7.23. The lowest BCUT2D eigenvalue weighted by Gasteiger charge is -2.24. The van der Waals surface area contributed by atoms with E-state index in [1.54, 1.807) is 0 Å². The molecule has 1 fully saturated rings. The van der Waals surface area contributed by atoms with Crippen LogP contribution >= 0.6 is 0 Å². The van der Waals surface area contributed by atoms with E-state index in [4.69, 9.17) is 0 Å². The highest BCUT2D eigenvalue weighted by molar-refractivity contribution is 7.91. The van der Waals surface area contributed by atoms with Gasteiger partial charge in [0.05, 0.1) is 17.5 Å². The number of hydrogen-bond acceptors (Lipinski definition) is 6. The standard InChI is InChI=1S/C7H10N4O3S/c12-5-11(7-8-4-9-10-7)6-1-2-15(13,14)3-6/h4-7H,1-3H2/t6-,7-/m0/s1. The van der Waals surface area contributed by atoms with Gasteiger partial charge in [-0.15, -0.1) is 10.2 Å². The lowest BCUT2D eigenvalue weighted by Crippen LogP contribution is -2.40. The molecule has 2 aliphatic heterocycles. The summed E-state index contributed by atoms with van der Waals surface area (Å²) in [4.78, 5) is 16.0. The first-order chi connectivity index (χ1) is 7.12. The van der Waals surface area contributed by atoms with Gasteiger partial charge < -0.3 is 0 Å². The molecule has 0 saturated carbocycles. The Bertz CT molecular complexity index is 404. The molecular formula is C7H10N4O3S. The van der Waals surface area contributed by atoms with Crippen molar-refractivity contribution in [1.82, 2.24) is 4.90 Å². The van der Waals surface area contributed by atoms with E-state index in [1.165, 1.54) is 11.2 Å². The number of amides is 1. The Kier molecular flexibility index (Phi) is 2.51. The Morgan fingerprint density at radius 3 is 2.73 bits per heavy atom. The normalized spacial score (nSPS) is 32.0. The third kappa shape index (κ3) is 2.04. The van der Waals surface area contributed by atoms with E-state index in [2.05, 4.69) is 15.2 Å². The maximum Gasteiger partial charge on any atom is 0.239 e. The van der Waals surface area contributed by atoms with E-state index in [0.717, 1.165) is 0 Å². The molecule has 0 bridgehead atoms. The second-order valence-electron chi connectivity index (χ2n) is 3.45. The largest absolute Gasteiger partial charge is 0.299 e. The van der Waals surface area contributed by atoms with Crippen molar-refractivity contribution in [2.24, 2.45) is 15.2 Å². The maximum atomic E-state index is 11.2. The summed E-state index contributed by atoms with van der Waals surface area (Å²) < 4.78 is 22.5. The number of azo groups is 1. The molecule has 2 heterocycles. The van der Waals surface area contributed by atoms with Gasteiger partial charge in [-0.1, -0.05) is 0 Å². The molecule has 0 N–H and O–H groups in total. The smallest absolute Gasteiger partial charge is 0.239 e. The predicted octanol–water partition coefficient (Wildman–Crippen LogP) is -0.590. The van der Waals surface area contributed by atoms with E-state index < -0.39 is 16.1 Å². The first-order valence-electron chi connectivity index (χ1n) is 4.47. The van der Waals surface area contributed by atoms with Crippen LogP contribution in [-0.2, 0) is 14.6 Å². The number of aliphatic imine (C=N–C) groups is 1. The zero-order chi connectivity index (χ0) is 10.9. The fraction of sp³-hybridized carbons (Fsp3) is 0.714. The average Bonchev–Trinajstić information content (AvgIpc) is 2.77. The van der Waals surface area contributed by atoms with Crippen molar-refractivity contribution < 1.29 is 13.2 Å². The van der Waals surface area contributed by atoms with E-state index in [-0.39, 0.29) is 17.5 Å². The molecule has 2 aliphatic rings. The van der Waals surface area contributed by atoms with Crippen LogP contribution in [0.15, 0.2) is 15.2 Å². The highest BCUT2D eigenvalue weighted by Gasteiger charge is 2.35. The molecule has 2 rings (SSSR count). The Balaban J connectivity index is 2.11. The summed E-state index contributed by atoms with van der Waals surface area (Å²) in [5.41, 5.74) is 0. The molecule has 0 aliphatic carbocycles. The van der Waals surface area contributed by atoms with E-state index in [9.17, 15) is 13.2 Å². The number of nitrogens with zero attached hydrogens (tertiary/aromatic N) is 4. The molecule has 0 aromatic heterocycles. The van der Waals surface area contributed by atoms with E-state index >= 15 is 0 Å². The molecule has 82 valence electrons. The molecule has 0 unspecified atom stereocenters. The Hall–Kier alpha value is -1.31. The molecule has 1 amide bonds. The summed E-state index contributed by atoms with van der Waals surface area (Å²) in [5.74, 6) is 0.114. The zero-order valence-corrected chi connectivity index (χ0v) is 8.67. The number of hydrogen-bond donors (Lipinski definition) is 0. The van der Waals surface area contributed by atoms with Crippen LogP contribution in [0.3, 0.4) is 0 Å². The molecule has 0 radical (unpaired) electrons. The predicted molar refractivity (Wildman–Crippen MR) is 52.1 cm³/mol. The zero-order valence-electron chi connectivity index (χ0n) is 7.85. The SMILES string of the molecule is O=CN([C@H]1CCS(=O)(=O)C1)[C@H]1N=CN=N1. The Labute approximate surface area is 86.8 Å². The minimum atomic E-state index is -3.00. The molecule has 7 nitrogen and oxygen atoms in total. The summed E-state index contributed by atoms with van der Waals surface area (Å²) in [7, 11) is -3.00. The summed E-state index contributed by atoms with van der Waals surface area (Å²) in [6.07, 6.45) is 1.60. The monoisotopic (exact) mass is 230 g/mol. The number of carbonyl (C=O) groups excluding carboxylic acids is 1. The van der Waals surface area contributed by atoms with Gasteiger partial charge in [0.1, 0.15) is 6.34 Å². The first kappa shape index (κ1) is 10.2. The van der Waals surface area contributed by atoms with Gasteiger partial charge in [-0.05, 0) is 6.42 Å². The minimum absolute atomic E-state index is 0.00667. The number of carbonyl (C=O) groups is 1. The topological polar surface area (TPSA) is 91.5 Å². The van der Waals surface area contributed by atoms with Gasteiger partial charge in [0.2, 0.25) is 12.7 Å². The summed E-state index contributed by atoms with van der Waals surface area (Å²) in [6, 6.07) is -0.327. The third-order valence-electron chi connectivity index (χ3n) is 2.44. The van der Waals surface area contributed by atoms with Crippen LogP contribution in [0.4, 0.5) is 0 Å². The van der Waals surface area contributed by atoms with Gasteiger partial charge in [0.15, 0.2) is 9.84 Å².